The van der Waals surface area contributed by atoms with Gasteiger partial charge in [-0.1, -0.05) is 30.3 Å². The average Bonchev–Trinajstić information content (AvgIpc) is 3.91. The van der Waals surface area contributed by atoms with E-state index in [4.69, 9.17) is 9.47 Å². The third-order valence-corrected chi connectivity index (χ3v) is 11.6. The lowest BCUT2D eigenvalue weighted by Gasteiger charge is -2.35. The Bertz CT molecular complexity index is 1990. The van der Waals surface area contributed by atoms with E-state index in [1.54, 1.807) is 36.4 Å². The van der Waals surface area contributed by atoms with Gasteiger partial charge in [0.2, 0.25) is 11.2 Å². The molecule has 1 atom stereocenters. The summed E-state index contributed by atoms with van der Waals surface area (Å²) in [6.45, 7) is 1.76. The molecule has 55 heavy (non-hydrogen) atoms. The second-order valence-electron chi connectivity index (χ2n) is 13.2. The van der Waals surface area contributed by atoms with E-state index in [0.29, 0.717) is 65.0 Å². The number of carbonyl (C=O) groups is 2. The Hall–Kier alpha value is -4.71. The summed E-state index contributed by atoms with van der Waals surface area (Å²) in [4.78, 5) is 43.4. The van der Waals surface area contributed by atoms with Gasteiger partial charge in [0.1, 0.15) is 17.6 Å². The number of aliphatic hydroxyl groups is 2. The second kappa shape index (κ2) is 19.7. The highest BCUT2D eigenvalue weighted by Crippen LogP contribution is 2.38. The van der Waals surface area contributed by atoms with Crippen molar-refractivity contribution >= 4 is 45.5 Å². The second-order valence-corrected chi connectivity index (χ2v) is 15.1. The number of aromatic amines is 1. The Labute approximate surface area is 324 Å². The minimum absolute atomic E-state index is 0. The van der Waals surface area contributed by atoms with Gasteiger partial charge in [-0.15, -0.1) is 22.7 Å². The lowest BCUT2D eigenvalue weighted by atomic mass is 9.91. The number of halogens is 2. The van der Waals surface area contributed by atoms with Crippen molar-refractivity contribution in [2.24, 2.45) is 0 Å². The van der Waals surface area contributed by atoms with E-state index in [9.17, 15) is 29.7 Å². The number of likely N-dealkylation sites (N-methyl/N-ethyl adjacent to an activating group) is 1. The number of amides is 1. The Balaban J connectivity index is 0.00000336. The van der Waals surface area contributed by atoms with Crippen molar-refractivity contribution in [3.8, 4) is 11.5 Å². The third-order valence-electron chi connectivity index (χ3n) is 9.60. The fraction of sp³-hybridized carbons (Fsp3) is 0.359. The number of thiophene rings is 2. The lowest BCUT2D eigenvalue weighted by Crippen LogP contribution is -2.43. The van der Waals surface area contributed by atoms with E-state index in [0.717, 1.165) is 18.4 Å². The summed E-state index contributed by atoms with van der Waals surface area (Å²) >= 11 is 2.66. The summed E-state index contributed by atoms with van der Waals surface area (Å²) in [5.41, 5.74) is -0.295. The number of carbonyl (C=O) groups excluding carboxylic acids is 2. The molecule has 0 aliphatic heterocycles. The zero-order chi connectivity index (χ0) is 37.4. The fourth-order valence-electron chi connectivity index (χ4n) is 6.60. The molecule has 3 heterocycles. The summed E-state index contributed by atoms with van der Waals surface area (Å²) in [6, 6.07) is 20.8. The van der Waals surface area contributed by atoms with Crippen LogP contribution in [-0.2, 0) is 26.5 Å². The zero-order valence-electron chi connectivity index (χ0n) is 30.1. The van der Waals surface area contributed by atoms with Gasteiger partial charge in [0.15, 0.2) is 6.61 Å². The molecule has 0 spiro atoms. The Kier molecular flexibility index (Phi) is 15.4. The molecule has 6 N–H and O–H groups in total. The Morgan fingerprint density at radius 2 is 1.64 bits per heavy atom. The standard InChI is InChI=1S/C39H44N4O8S2.2FH/c1-43(26-8-12-28(13-9-26)51-38(48)39(49,33-4-2-20-52-33)34-5-3-21-53-34)19-18-41-36(47)24-50-27-10-6-25(7-11-27)22-40-23-32(45)29-14-16-31(44)37-30(29)15-17-35(46)42-37;;/h2-7,10-11,14-17,20-21,26,28,32,40,44-45,49H,8-9,12-13,18-19,22-24H2,1H3,(H,41,47)(H,42,46);2*1H/t26?,28?,32-;;/m1../s1. The third kappa shape index (κ3) is 10.5. The van der Waals surface area contributed by atoms with Crippen molar-refractivity contribution in [2.45, 2.75) is 56.1 Å². The first-order valence-corrected chi connectivity index (χ1v) is 19.3. The van der Waals surface area contributed by atoms with Gasteiger partial charge in [0, 0.05) is 43.7 Å². The van der Waals surface area contributed by atoms with Crippen LogP contribution in [0.2, 0.25) is 0 Å². The van der Waals surface area contributed by atoms with Crippen LogP contribution < -0.4 is 20.9 Å². The summed E-state index contributed by atoms with van der Waals surface area (Å²) in [7, 11) is 2.03. The van der Waals surface area contributed by atoms with Crippen LogP contribution in [0.1, 0.15) is 52.7 Å². The largest absolute Gasteiger partial charge is 0.506 e. The number of nitrogens with one attached hydrogen (secondary N) is 3. The number of benzene rings is 2. The molecular formula is C39H46F2N4O8S2. The van der Waals surface area contributed by atoms with Crippen molar-refractivity contribution in [3.63, 3.8) is 0 Å². The van der Waals surface area contributed by atoms with E-state index in [2.05, 4.69) is 20.5 Å². The van der Waals surface area contributed by atoms with Gasteiger partial charge in [0.25, 0.3) is 5.91 Å². The SMILES string of the molecule is CN(CCNC(=O)COc1ccc(CNC[C@@H](O)c2ccc(O)c3[nH]c(=O)ccc23)cc1)C1CCC(OC(=O)C(O)(c2cccs2)c2cccs2)CC1.F.F. The van der Waals surface area contributed by atoms with E-state index in [-0.39, 0.29) is 51.4 Å². The number of aromatic hydroxyl groups is 1. The minimum atomic E-state index is -1.80. The predicted octanol–water partition coefficient (Wildman–Crippen LogP) is 4.70. The van der Waals surface area contributed by atoms with Gasteiger partial charge in [0.05, 0.1) is 21.4 Å². The molecule has 2 aromatic carbocycles. The molecule has 0 bridgehead atoms. The van der Waals surface area contributed by atoms with Gasteiger partial charge < -0.3 is 45.3 Å². The maximum Gasteiger partial charge on any atom is 0.349 e. The smallest absolute Gasteiger partial charge is 0.349 e. The number of esters is 1. The monoisotopic (exact) mass is 800 g/mol. The number of ether oxygens (including phenoxy) is 2. The lowest BCUT2D eigenvalue weighted by molar-refractivity contribution is -0.169. The Morgan fingerprint density at radius 3 is 2.27 bits per heavy atom. The van der Waals surface area contributed by atoms with Crippen LogP contribution in [0.3, 0.4) is 0 Å². The number of hydrogen-bond acceptors (Lipinski definition) is 12. The molecule has 3 aromatic heterocycles. The molecule has 1 amide bonds. The highest BCUT2D eigenvalue weighted by Gasteiger charge is 2.45. The summed E-state index contributed by atoms with van der Waals surface area (Å²) in [5.74, 6) is -0.346. The Morgan fingerprint density at radius 1 is 0.964 bits per heavy atom. The molecule has 1 aliphatic carbocycles. The number of phenols is 1. The maximum absolute atomic E-state index is 13.3. The molecule has 0 saturated heterocycles. The molecule has 6 rings (SSSR count). The molecule has 5 aromatic rings. The summed E-state index contributed by atoms with van der Waals surface area (Å²) in [6.07, 6.45) is 1.95. The molecule has 1 aliphatic rings. The molecule has 296 valence electrons. The first-order valence-electron chi connectivity index (χ1n) is 17.6. The minimum Gasteiger partial charge on any atom is -0.506 e. The van der Waals surface area contributed by atoms with Crippen LogP contribution in [0, 0.1) is 0 Å². The van der Waals surface area contributed by atoms with Crippen LogP contribution in [0.25, 0.3) is 10.9 Å². The van der Waals surface area contributed by atoms with Crippen molar-refractivity contribution in [1.82, 2.24) is 20.5 Å². The van der Waals surface area contributed by atoms with Crippen LogP contribution >= 0.6 is 22.7 Å². The quantitative estimate of drug-likeness (QED) is 0.0769. The van der Waals surface area contributed by atoms with Crippen molar-refractivity contribution in [1.29, 1.82) is 0 Å². The maximum atomic E-state index is 13.3. The van der Waals surface area contributed by atoms with Gasteiger partial charge >= 0.3 is 5.97 Å². The van der Waals surface area contributed by atoms with Crippen LogP contribution in [0.4, 0.5) is 9.41 Å². The van der Waals surface area contributed by atoms with Gasteiger partial charge in [-0.05, 0) is 91.0 Å². The summed E-state index contributed by atoms with van der Waals surface area (Å²) in [5, 5.41) is 42.7. The molecule has 0 unspecified atom stereocenters. The van der Waals surface area contributed by atoms with E-state index in [1.165, 1.54) is 34.8 Å². The summed E-state index contributed by atoms with van der Waals surface area (Å²) < 4.78 is 11.6. The number of pyridine rings is 1. The molecule has 1 saturated carbocycles. The molecule has 0 radical (unpaired) electrons. The number of fused-ring (bicyclic) bond motifs is 1. The number of rotatable bonds is 16. The average molecular weight is 801 g/mol. The van der Waals surface area contributed by atoms with Crippen LogP contribution in [0.5, 0.6) is 11.5 Å². The van der Waals surface area contributed by atoms with Crippen LogP contribution in [-0.4, -0.2) is 82.5 Å². The molecular weight excluding hydrogens is 755 g/mol. The molecule has 1 fully saturated rings. The van der Waals surface area contributed by atoms with Gasteiger partial charge in [-0.3, -0.25) is 19.0 Å². The van der Waals surface area contributed by atoms with E-state index < -0.39 is 17.7 Å². The number of nitrogens with zero attached hydrogens (tertiary/aromatic N) is 1. The van der Waals surface area contributed by atoms with Gasteiger partial charge in [-0.2, -0.15) is 0 Å². The predicted molar refractivity (Wildman–Crippen MR) is 209 cm³/mol. The zero-order valence-corrected chi connectivity index (χ0v) is 31.8. The van der Waals surface area contributed by atoms with Crippen LogP contribution in [0.15, 0.2) is 88.4 Å². The van der Waals surface area contributed by atoms with Crippen molar-refractivity contribution in [2.75, 3.05) is 33.3 Å². The number of hydrogen-bond donors (Lipinski definition) is 6. The first kappa shape index (κ1) is 43.0. The highest BCUT2D eigenvalue weighted by molar-refractivity contribution is 7.12. The van der Waals surface area contributed by atoms with Gasteiger partial charge in [-0.25, -0.2) is 4.79 Å². The molecule has 12 nitrogen and oxygen atoms in total. The molecule has 16 heteroatoms. The van der Waals surface area contributed by atoms with Crippen molar-refractivity contribution < 1.29 is 43.8 Å². The normalized spacial score (nSPS) is 16.1. The number of aromatic nitrogens is 1. The van der Waals surface area contributed by atoms with Crippen molar-refractivity contribution in [3.05, 3.63) is 115 Å². The highest BCUT2D eigenvalue weighted by atomic mass is 32.1. The topological polar surface area (TPSA) is 173 Å². The number of aliphatic hydroxyl groups excluding tert-OH is 1. The van der Waals surface area contributed by atoms with E-state index >= 15 is 0 Å². The fourth-order valence-corrected chi connectivity index (χ4v) is 8.32. The number of H-pyrrole nitrogens is 1. The number of phenolic OH excluding ortho intramolecular Hbond substituents is 1. The first-order chi connectivity index (χ1) is 25.6. The van der Waals surface area contributed by atoms with E-state index in [1.807, 2.05) is 42.1 Å².